The molecule has 23 heavy (non-hydrogen) atoms. The minimum atomic E-state index is 0.382. The topological polar surface area (TPSA) is 77.6 Å². The maximum atomic E-state index is 5.29. The number of nitrogens with zero attached hydrogens (tertiary/aromatic N) is 5. The zero-order valence-electron chi connectivity index (χ0n) is 12.0. The van der Waals surface area contributed by atoms with Gasteiger partial charge in [0.15, 0.2) is 0 Å². The van der Waals surface area contributed by atoms with Gasteiger partial charge in [-0.15, -0.1) is 0 Å². The Bertz CT molecular complexity index is 922. The van der Waals surface area contributed by atoms with Gasteiger partial charge in [0.25, 0.3) is 5.89 Å². The molecular formula is C17H11N5O. The van der Waals surface area contributed by atoms with Gasteiger partial charge in [0.1, 0.15) is 5.69 Å². The van der Waals surface area contributed by atoms with E-state index in [1.807, 2.05) is 36.4 Å². The van der Waals surface area contributed by atoms with E-state index < -0.39 is 0 Å². The summed E-state index contributed by atoms with van der Waals surface area (Å²) in [5.74, 6) is 0.858. The van der Waals surface area contributed by atoms with Crippen molar-refractivity contribution in [3.05, 3.63) is 67.4 Å². The van der Waals surface area contributed by atoms with Crippen LogP contribution < -0.4 is 0 Å². The van der Waals surface area contributed by atoms with Gasteiger partial charge >= 0.3 is 0 Å². The Balaban J connectivity index is 1.71. The molecule has 0 N–H and O–H groups in total. The van der Waals surface area contributed by atoms with Crippen LogP contribution >= 0.6 is 0 Å². The number of pyridine rings is 3. The molecule has 6 heteroatoms. The van der Waals surface area contributed by atoms with E-state index in [1.165, 1.54) is 0 Å². The van der Waals surface area contributed by atoms with Crippen molar-refractivity contribution < 1.29 is 4.52 Å². The Morgan fingerprint density at radius 1 is 0.783 bits per heavy atom. The summed E-state index contributed by atoms with van der Waals surface area (Å²) in [5.41, 5.74) is 3.34. The first-order valence-corrected chi connectivity index (χ1v) is 7.01. The molecule has 4 heterocycles. The van der Waals surface area contributed by atoms with Gasteiger partial charge < -0.3 is 4.52 Å². The molecule has 0 unspecified atom stereocenters. The Morgan fingerprint density at radius 3 is 2.52 bits per heavy atom. The highest BCUT2D eigenvalue weighted by molar-refractivity contribution is 5.68. The lowest BCUT2D eigenvalue weighted by Gasteiger charge is -2.01. The highest BCUT2D eigenvalue weighted by Crippen LogP contribution is 2.24. The Morgan fingerprint density at radius 2 is 1.70 bits per heavy atom. The third-order valence-corrected chi connectivity index (χ3v) is 3.30. The van der Waals surface area contributed by atoms with Crippen molar-refractivity contribution in [1.82, 2.24) is 25.1 Å². The molecule has 4 aromatic heterocycles. The molecule has 0 bridgehead atoms. The summed E-state index contributed by atoms with van der Waals surface area (Å²) in [4.78, 5) is 17.0. The summed E-state index contributed by atoms with van der Waals surface area (Å²) >= 11 is 0. The van der Waals surface area contributed by atoms with Crippen LogP contribution in [-0.2, 0) is 0 Å². The van der Waals surface area contributed by atoms with Crippen LogP contribution in [0, 0.1) is 0 Å². The molecule has 4 rings (SSSR count). The summed E-state index contributed by atoms with van der Waals surface area (Å²) in [6.45, 7) is 0. The van der Waals surface area contributed by atoms with Crippen molar-refractivity contribution in [1.29, 1.82) is 0 Å². The second-order valence-corrected chi connectivity index (χ2v) is 4.84. The minimum absolute atomic E-state index is 0.382. The van der Waals surface area contributed by atoms with Crippen molar-refractivity contribution in [3.63, 3.8) is 0 Å². The number of rotatable bonds is 3. The maximum Gasteiger partial charge on any atom is 0.276 e. The molecule has 0 amide bonds. The molecule has 0 aliphatic rings. The van der Waals surface area contributed by atoms with Crippen molar-refractivity contribution >= 4 is 0 Å². The summed E-state index contributed by atoms with van der Waals surface area (Å²) < 4.78 is 5.29. The number of aromatic nitrogens is 5. The SMILES string of the molecule is c1ccc(-c2nc(-c3cncc(-c4cccnc4)c3)no2)nc1. The van der Waals surface area contributed by atoms with Crippen LogP contribution in [0.3, 0.4) is 0 Å². The first-order valence-electron chi connectivity index (χ1n) is 7.01. The van der Waals surface area contributed by atoms with Gasteiger partial charge in [-0.25, -0.2) is 0 Å². The van der Waals surface area contributed by atoms with E-state index in [-0.39, 0.29) is 0 Å². The van der Waals surface area contributed by atoms with Gasteiger partial charge in [0, 0.05) is 47.7 Å². The molecule has 0 aliphatic carbocycles. The molecule has 0 spiro atoms. The standard InChI is InChI=1S/C17H11N5O/c1-2-7-20-15(5-1)17-21-16(22-23-17)14-8-13(10-19-11-14)12-4-3-6-18-9-12/h1-11H. The first kappa shape index (κ1) is 13.3. The second-order valence-electron chi connectivity index (χ2n) is 4.84. The highest BCUT2D eigenvalue weighted by atomic mass is 16.5. The van der Waals surface area contributed by atoms with Crippen molar-refractivity contribution in [3.8, 4) is 34.1 Å². The molecule has 0 radical (unpaired) electrons. The maximum absolute atomic E-state index is 5.29. The van der Waals surface area contributed by atoms with Crippen LogP contribution in [0.15, 0.2) is 71.9 Å². The molecule has 110 valence electrons. The molecule has 6 nitrogen and oxygen atoms in total. The van der Waals surface area contributed by atoms with Crippen LogP contribution in [-0.4, -0.2) is 25.1 Å². The van der Waals surface area contributed by atoms with Gasteiger partial charge in [-0.1, -0.05) is 17.3 Å². The van der Waals surface area contributed by atoms with E-state index in [9.17, 15) is 0 Å². The normalized spacial score (nSPS) is 10.6. The molecule has 0 fully saturated rings. The number of hydrogen-bond donors (Lipinski definition) is 0. The van der Waals surface area contributed by atoms with Gasteiger partial charge in [-0.05, 0) is 24.3 Å². The predicted octanol–water partition coefficient (Wildman–Crippen LogP) is 3.26. The van der Waals surface area contributed by atoms with Crippen molar-refractivity contribution in [2.75, 3.05) is 0 Å². The summed E-state index contributed by atoms with van der Waals surface area (Å²) in [6, 6.07) is 11.3. The van der Waals surface area contributed by atoms with E-state index in [1.54, 1.807) is 31.0 Å². The van der Waals surface area contributed by atoms with Gasteiger partial charge in [-0.2, -0.15) is 4.98 Å². The number of hydrogen-bond acceptors (Lipinski definition) is 6. The smallest absolute Gasteiger partial charge is 0.276 e. The monoisotopic (exact) mass is 301 g/mol. The van der Waals surface area contributed by atoms with E-state index in [2.05, 4.69) is 25.1 Å². The summed E-state index contributed by atoms with van der Waals surface area (Å²) in [5, 5.41) is 4.02. The van der Waals surface area contributed by atoms with Crippen LogP contribution in [0.2, 0.25) is 0 Å². The first-order chi connectivity index (χ1) is 11.4. The van der Waals surface area contributed by atoms with Gasteiger partial charge in [0.2, 0.25) is 5.82 Å². The molecule has 4 aromatic rings. The zero-order valence-corrected chi connectivity index (χ0v) is 12.0. The van der Waals surface area contributed by atoms with Crippen LogP contribution in [0.25, 0.3) is 34.1 Å². The van der Waals surface area contributed by atoms with Gasteiger partial charge in [0.05, 0.1) is 0 Å². The van der Waals surface area contributed by atoms with Crippen molar-refractivity contribution in [2.24, 2.45) is 0 Å². The van der Waals surface area contributed by atoms with Crippen LogP contribution in [0.4, 0.5) is 0 Å². The average molecular weight is 301 g/mol. The Hall–Kier alpha value is -3.41. The summed E-state index contributed by atoms with van der Waals surface area (Å²) in [6.07, 6.45) is 8.69. The van der Waals surface area contributed by atoms with E-state index >= 15 is 0 Å². The zero-order chi connectivity index (χ0) is 15.5. The van der Waals surface area contributed by atoms with E-state index in [0.717, 1.165) is 16.7 Å². The van der Waals surface area contributed by atoms with E-state index in [4.69, 9.17) is 4.52 Å². The molecule has 0 atom stereocenters. The summed E-state index contributed by atoms with van der Waals surface area (Å²) in [7, 11) is 0. The van der Waals surface area contributed by atoms with Gasteiger partial charge in [-0.3, -0.25) is 15.0 Å². The van der Waals surface area contributed by atoms with Crippen LogP contribution in [0.1, 0.15) is 0 Å². The Kier molecular flexibility index (Phi) is 3.32. The predicted molar refractivity (Wildman–Crippen MR) is 84.0 cm³/mol. The quantitative estimate of drug-likeness (QED) is 0.578. The largest absolute Gasteiger partial charge is 0.332 e. The Labute approximate surface area is 131 Å². The highest BCUT2D eigenvalue weighted by Gasteiger charge is 2.12. The minimum Gasteiger partial charge on any atom is -0.332 e. The fourth-order valence-electron chi connectivity index (χ4n) is 2.19. The molecule has 0 aliphatic heterocycles. The van der Waals surface area contributed by atoms with E-state index in [0.29, 0.717) is 17.4 Å². The lowest BCUT2D eigenvalue weighted by Crippen LogP contribution is -1.87. The third-order valence-electron chi connectivity index (χ3n) is 3.30. The van der Waals surface area contributed by atoms with Crippen LogP contribution in [0.5, 0.6) is 0 Å². The fourth-order valence-corrected chi connectivity index (χ4v) is 2.19. The molecule has 0 saturated heterocycles. The fraction of sp³-hybridized carbons (Fsp3) is 0. The molecule has 0 aromatic carbocycles. The average Bonchev–Trinajstić information content (AvgIpc) is 3.14. The lowest BCUT2D eigenvalue weighted by atomic mass is 10.1. The third kappa shape index (κ3) is 2.69. The molecular weight excluding hydrogens is 290 g/mol. The second kappa shape index (κ2) is 5.76. The van der Waals surface area contributed by atoms with Crippen molar-refractivity contribution in [2.45, 2.75) is 0 Å². The molecule has 0 saturated carbocycles. The lowest BCUT2D eigenvalue weighted by molar-refractivity contribution is 0.431.